The van der Waals surface area contributed by atoms with E-state index in [1.54, 1.807) is 6.92 Å². The number of benzene rings is 3. The van der Waals surface area contributed by atoms with Gasteiger partial charge in [-0.25, -0.2) is 0 Å². The van der Waals surface area contributed by atoms with Gasteiger partial charge in [0.15, 0.2) is 0 Å². The van der Waals surface area contributed by atoms with Gasteiger partial charge in [-0.1, -0.05) is 54.6 Å². The normalized spacial score (nSPS) is 9.50. The minimum Gasteiger partial charge on any atom is -1.00 e. The average molecular weight is 387 g/mol. The highest BCUT2D eigenvalue weighted by molar-refractivity contribution is 7.79. The molecule has 0 N–H and O–H groups in total. The minimum atomic E-state index is -0.877. The fraction of sp³-hybridized carbons (Fsp3) is 0.136. The lowest BCUT2D eigenvalue weighted by Crippen LogP contribution is -3.00. The molecule has 4 heteroatoms. The third-order valence-electron chi connectivity index (χ3n) is 3.53. The molecular weight excluding hydrogens is 363 g/mol. The molecule has 2 nitrogen and oxygen atoms in total. The second kappa shape index (κ2) is 12.2. The maximum atomic E-state index is 9.82. The Morgan fingerprint density at radius 2 is 1.04 bits per heavy atom. The van der Waals surface area contributed by atoms with Crippen molar-refractivity contribution in [1.29, 1.82) is 0 Å². The Hall–Kier alpha value is -2.15. The van der Waals surface area contributed by atoms with E-state index in [1.165, 1.54) is 22.8 Å². The number of hydrogen-bond donors (Lipinski definition) is 0. The number of hydrogen-bond acceptors (Lipinski definition) is 2. The number of rotatable bonds is 4. The lowest BCUT2D eigenvalue weighted by atomic mass is 10.4. The summed E-state index contributed by atoms with van der Waals surface area (Å²) in [5.41, 5.74) is 0. The number of carbonyl (C=O) groups is 1. The van der Waals surface area contributed by atoms with E-state index < -0.39 is 7.92 Å². The summed E-state index contributed by atoms with van der Waals surface area (Å²) in [5, 5.41) is 4.31. The van der Waals surface area contributed by atoms with Crippen LogP contribution in [0.3, 0.4) is 0 Å². The summed E-state index contributed by atoms with van der Waals surface area (Å²) in [4.78, 5) is 9.82. The van der Waals surface area contributed by atoms with Crippen molar-refractivity contribution in [2.75, 3.05) is 6.61 Å². The Kier molecular flexibility index (Phi) is 10.3. The molecule has 3 aromatic carbocycles. The Morgan fingerprint density at radius 1 is 0.731 bits per heavy atom. The SMILES string of the molecule is CCOC(C)=O.[Cl-].c1ccc([PH+](c2ccccc2)c2ccccc2)cc1. The van der Waals surface area contributed by atoms with Crippen LogP contribution in [0.25, 0.3) is 0 Å². The zero-order valence-electron chi connectivity index (χ0n) is 15.1. The third kappa shape index (κ3) is 7.00. The average Bonchev–Trinajstić information content (AvgIpc) is 2.65. The molecule has 3 rings (SSSR count). The molecule has 0 fully saturated rings. The van der Waals surface area contributed by atoms with Crippen molar-refractivity contribution in [3.8, 4) is 0 Å². The molecule has 0 aliphatic rings. The van der Waals surface area contributed by atoms with Gasteiger partial charge in [0.2, 0.25) is 0 Å². The van der Waals surface area contributed by atoms with Gasteiger partial charge in [0, 0.05) is 6.92 Å². The molecule has 0 radical (unpaired) electrons. The van der Waals surface area contributed by atoms with E-state index in [2.05, 4.69) is 95.7 Å². The third-order valence-corrected chi connectivity index (χ3v) is 6.27. The van der Waals surface area contributed by atoms with Gasteiger partial charge < -0.3 is 17.1 Å². The molecule has 0 atom stereocenters. The van der Waals surface area contributed by atoms with Gasteiger partial charge in [0.1, 0.15) is 15.9 Å². The maximum absolute atomic E-state index is 9.82. The highest BCUT2D eigenvalue weighted by Crippen LogP contribution is 2.32. The first-order valence-corrected chi connectivity index (χ1v) is 9.89. The quantitative estimate of drug-likeness (QED) is 0.488. The zero-order valence-corrected chi connectivity index (χ0v) is 16.8. The monoisotopic (exact) mass is 386 g/mol. The van der Waals surface area contributed by atoms with E-state index in [9.17, 15) is 4.79 Å². The fourth-order valence-electron chi connectivity index (χ4n) is 2.52. The molecule has 0 aliphatic heterocycles. The first kappa shape index (κ1) is 21.9. The summed E-state index contributed by atoms with van der Waals surface area (Å²) >= 11 is 0. The van der Waals surface area contributed by atoms with Gasteiger partial charge in [-0.05, 0) is 43.3 Å². The first-order valence-electron chi connectivity index (χ1n) is 8.39. The van der Waals surface area contributed by atoms with Crippen molar-refractivity contribution in [2.24, 2.45) is 0 Å². The van der Waals surface area contributed by atoms with Crippen molar-refractivity contribution in [2.45, 2.75) is 13.8 Å². The minimum absolute atomic E-state index is 0. The summed E-state index contributed by atoms with van der Waals surface area (Å²) in [6, 6.07) is 32.5. The lowest BCUT2D eigenvalue weighted by Gasteiger charge is -2.10. The molecule has 136 valence electrons. The number of carbonyl (C=O) groups excluding carboxylic acids is 1. The molecule has 0 saturated heterocycles. The van der Waals surface area contributed by atoms with Gasteiger partial charge in [0.25, 0.3) is 0 Å². The van der Waals surface area contributed by atoms with Crippen LogP contribution in [0.1, 0.15) is 13.8 Å². The number of esters is 1. The zero-order chi connectivity index (χ0) is 17.9. The summed E-state index contributed by atoms with van der Waals surface area (Å²) in [7, 11) is -0.877. The van der Waals surface area contributed by atoms with Gasteiger partial charge in [0.05, 0.1) is 14.5 Å². The number of halogens is 1. The van der Waals surface area contributed by atoms with E-state index in [1.807, 2.05) is 0 Å². The van der Waals surface area contributed by atoms with Crippen molar-refractivity contribution >= 4 is 29.8 Å². The molecule has 0 spiro atoms. The van der Waals surface area contributed by atoms with Crippen LogP contribution in [-0.2, 0) is 9.53 Å². The summed E-state index contributed by atoms with van der Waals surface area (Å²) in [5.74, 6) is -0.211. The molecular formula is C22H24ClO2P. The molecule has 0 aliphatic carbocycles. The Labute approximate surface area is 163 Å². The molecule has 0 bridgehead atoms. The summed E-state index contributed by atoms with van der Waals surface area (Å²) in [6.07, 6.45) is 0. The highest BCUT2D eigenvalue weighted by atomic mass is 35.5. The van der Waals surface area contributed by atoms with Gasteiger partial charge in [-0.3, -0.25) is 4.79 Å². The predicted octanol–water partition coefficient (Wildman–Crippen LogP) is 0.751. The Bertz CT molecular complexity index is 655. The molecule has 26 heavy (non-hydrogen) atoms. The van der Waals surface area contributed by atoms with Crippen LogP contribution >= 0.6 is 7.92 Å². The largest absolute Gasteiger partial charge is 1.00 e. The van der Waals surface area contributed by atoms with Gasteiger partial charge >= 0.3 is 5.97 Å². The van der Waals surface area contributed by atoms with E-state index in [0.29, 0.717) is 6.61 Å². The van der Waals surface area contributed by atoms with Crippen LogP contribution in [-0.4, -0.2) is 12.6 Å². The van der Waals surface area contributed by atoms with Crippen LogP contribution in [0.4, 0.5) is 0 Å². The molecule has 0 saturated carbocycles. The van der Waals surface area contributed by atoms with Crippen molar-refractivity contribution in [1.82, 2.24) is 0 Å². The maximum Gasteiger partial charge on any atom is 0.302 e. The Balaban J connectivity index is 0.000000422. The molecule has 0 aromatic heterocycles. The van der Waals surface area contributed by atoms with Crippen LogP contribution in [0, 0.1) is 0 Å². The van der Waals surface area contributed by atoms with E-state index in [-0.39, 0.29) is 18.4 Å². The molecule has 0 heterocycles. The van der Waals surface area contributed by atoms with Crippen molar-refractivity contribution in [3.05, 3.63) is 91.0 Å². The smallest absolute Gasteiger partial charge is 0.302 e. The van der Waals surface area contributed by atoms with Crippen molar-refractivity contribution < 1.29 is 21.9 Å². The summed E-state index contributed by atoms with van der Waals surface area (Å²) in [6.45, 7) is 3.65. The standard InChI is InChI=1S/C18H15P.C4H8O2.ClH/c1-4-10-16(11-5-1)19(17-12-6-2-7-13-17)18-14-8-3-9-15-18;1-3-6-4(2)5;/h1-15H;3H2,1-2H3;1H. The van der Waals surface area contributed by atoms with E-state index in [0.717, 1.165) is 0 Å². The lowest BCUT2D eigenvalue weighted by molar-refractivity contribution is -0.140. The van der Waals surface area contributed by atoms with Crippen LogP contribution in [0.5, 0.6) is 0 Å². The second-order valence-corrected chi connectivity index (χ2v) is 7.88. The fourth-order valence-corrected chi connectivity index (χ4v) is 5.10. The van der Waals surface area contributed by atoms with E-state index in [4.69, 9.17) is 0 Å². The summed E-state index contributed by atoms with van der Waals surface area (Å²) < 4.78 is 4.40. The highest BCUT2D eigenvalue weighted by Gasteiger charge is 2.24. The van der Waals surface area contributed by atoms with E-state index >= 15 is 0 Å². The molecule has 0 amide bonds. The van der Waals surface area contributed by atoms with Crippen LogP contribution in [0.2, 0.25) is 0 Å². The second-order valence-electron chi connectivity index (χ2n) is 5.40. The number of ether oxygens (including phenoxy) is 1. The van der Waals surface area contributed by atoms with Crippen molar-refractivity contribution in [3.63, 3.8) is 0 Å². The van der Waals surface area contributed by atoms with Gasteiger partial charge in [-0.2, -0.15) is 0 Å². The van der Waals surface area contributed by atoms with Gasteiger partial charge in [-0.15, -0.1) is 0 Å². The first-order chi connectivity index (χ1) is 12.2. The van der Waals surface area contributed by atoms with Crippen LogP contribution in [0.15, 0.2) is 91.0 Å². The molecule has 3 aromatic rings. The predicted molar refractivity (Wildman–Crippen MR) is 109 cm³/mol. The topological polar surface area (TPSA) is 26.3 Å². The Morgan fingerprint density at radius 3 is 1.23 bits per heavy atom. The van der Waals surface area contributed by atoms with Crippen LogP contribution < -0.4 is 28.3 Å². The molecule has 0 unspecified atom stereocenters.